The molecule has 0 aromatic heterocycles. The summed E-state index contributed by atoms with van der Waals surface area (Å²) in [4.78, 5) is 20.2. The Morgan fingerprint density at radius 3 is 1.10 bits per heavy atom. The van der Waals surface area contributed by atoms with Gasteiger partial charge in [-0.1, -0.05) is 60.7 Å². The van der Waals surface area contributed by atoms with Gasteiger partial charge in [0.05, 0.1) is 11.9 Å². The third-order valence-corrected chi connectivity index (χ3v) is 2.02. The minimum Gasteiger partial charge on any atom is -0.545 e. The predicted octanol–water partition coefficient (Wildman–Crippen LogP) is -0.294. The van der Waals surface area contributed by atoms with Crippen molar-refractivity contribution in [3.8, 4) is 0 Å². The summed E-state index contributed by atoms with van der Waals surface area (Å²) in [7, 11) is 1.00. The Bertz CT molecular complexity index is 465. The van der Waals surface area contributed by atoms with E-state index in [1.54, 1.807) is 36.4 Å². The Balaban J connectivity index is 0. The van der Waals surface area contributed by atoms with Crippen LogP contribution >= 0.6 is 0 Å². The van der Waals surface area contributed by atoms with Gasteiger partial charge in [0.1, 0.15) is 0 Å². The first-order chi connectivity index (χ1) is 9.61. The van der Waals surface area contributed by atoms with Crippen LogP contribution in [0.4, 0.5) is 0 Å². The normalized spacial score (nSPS) is 7.90. The van der Waals surface area contributed by atoms with Crippen LogP contribution in [0.3, 0.4) is 0 Å². The van der Waals surface area contributed by atoms with Crippen LogP contribution in [0.15, 0.2) is 60.7 Å². The number of rotatable bonds is 2. The second kappa shape index (κ2) is 12.8. The molecule has 2 aromatic carbocycles. The van der Waals surface area contributed by atoms with Crippen LogP contribution in [0.2, 0.25) is 0 Å². The molecule has 0 unspecified atom stereocenters. The van der Waals surface area contributed by atoms with Crippen molar-refractivity contribution in [2.24, 2.45) is 0 Å². The van der Waals surface area contributed by atoms with Gasteiger partial charge in [-0.3, -0.25) is 0 Å². The standard InChI is InChI=1S/2C7H6O2.CH4O.Ni/c2*8-7(9)6-4-2-1-3-5-6;1-2;/h2*1-5H,(H,8,9);2H,1H3;/q;;;+2/p-2. The Morgan fingerprint density at radius 1 is 0.714 bits per heavy atom. The Kier molecular flexibility index (Phi) is 12.9. The van der Waals surface area contributed by atoms with Crippen LogP contribution in [0.5, 0.6) is 0 Å². The van der Waals surface area contributed by atoms with Gasteiger partial charge in [0.2, 0.25) is 0 Å². The van der Waals surface area contributed by atoms with Crippen molar-refractivity contribution in [1.29, 1.82) is 0 Å². The van der Waals surface area contributed by atoms with Crippen LogP contribution in [0.1, 0.15) is 20.7 Å². The summed E-state index contributed by atoms with van der Waals surface area (Å²) in [5.41, 5.74) is 0.440. The summed E-state index contributed by atoms with van der Waals surface area (Å²) in [5.74, 6) is -2.26. The zero-order chi connectivity index (χ0) is 15.4. The number of hydrogen-bond donors (Lipinski definition) is 1. The Hall–Kier alpha value is -2.17. The van der Waals surface area contributed by atoms with E-state index >= 15 is 0 Å². The van der Waals surface area contributed by atoms with Gasteiger partial charge in [-0.05, 0) is 11.1 Å². The molecule has 0 aliphatic carbocycles. The van der Waals surface area contributed by atoms with E-state index in [1.165, 1.54) is 24.3 Å². The summed E-state index contributed by atoms with van der Waals surface area (Å²) < 4.78 is 0. The van der Waals surface area contributed by atoms with E-state index in [-0.39, 0.29) is 27.6 Å². The number of carbonyl (C=O) groups is 2. The van der Waals surface area contributed by atoms with Crippen LogP contribution < -0.4 is 10.2 Å². The van der Waals surface area contributed by atoms with Crippen molar-refractivity contribution in [3.05, 3.63) is 71.8 Å². The molecule has 21 heavy (non-hydrogen) atoms. The van der Waals surface area contributed by atoms with Crippen LogP contribution in [-0.4, -0.2) is 24.2 Å². The van der Waals surface area contributed by atoms with Crippen LogP contribution in [0, 0.1) is 0 Å². The number of benzene rings is 2. The van der Waals surface area contributed by atoms with Crippen LogP contribution in [-0.2, 0) is 16.5 Å². The molecule has 0 aliphatic heterocycles. The number of aromatic carboxylic acids is 2. The number of carboxylic acid groups (broad SMARTS) is 2. The van der Waals surface area contributed by atoms with Crippen LogP contribution in [0.25, 0.3) is 0 Å². The maximum absolute atomic E-state index is 10.1. The number of aliphatic hydroxyl groups excluding tert-OH is 1. The summed E-state index contributed by atoms with van der Waals surface area (Å²) in [6, 6.07) is 16.1. The number of carboxylic acids is 2. The summed E-state index contributed by atoms with van der Waals surface area (Å²) >= 11 is 0. The van der Waals surface area contributed by atoms with Crippen molar-refractivity contribution in [3.63, 3.8) is 0 Å². The fraction of sp³-hybridized carbons (Fsp3) is 0.0667. The van der Waals surface area contributed by atoms with Gasteiger partial charge in [-0.15, -0.1) is 0 Å². The van der Waals surface area contributed by atoms with Gasteiger partial charge in [0.15, 0.2) is 0 Å². The molecule has 1 N–H and O–H groups in total. The van der Waals surface area contributed by atoms with E-state index in [4.69, 9.17) is 5.11 Å². The van der Waals surface area contributed by atoms with Crippen molar-refractivity contribution >= 4 is 11.9 Å². The van der Waals surface area contributed by atoms with E-state index < -0.39 is 11.9 Å². The van der Waals surface area contributed by atoms with E-state index in [1.807, 2.05) is 0 Å². The van der Waals surface area contributed by atoms with Gasteiger partial charge < -0.3 is 24.9 Å². The zero-order valence-electron chi connectivity index (χ0n) is 11.2. The maximum Gasteiger partial charge on any atom is 2.00 e. The van der Waals surface area contributed by atoms with Crippen molar-refractivity contribution < 1.29 is 41.4 Å². The smallest absolute Gasteiger partial charge is 0.545 e. The Labute approximate surface area is 132 Å². The predicted molar refractivity (Wildman–Crippen MR) is 69.7 cm³/mol. The molecular weight excluding hydrogens is 319 g/mol. The average molecular weight is 333 g/mol. The average Bonchev–Trinajstić information content (AvgIpc) is 2.51. The topological polar surface area (TPSA) is 100 Å². The molecule has 0 spiro atoms. The zero-order valence-corrected chi connectivity index (χ0v) is 12.2. The third-order valence-electron chi connectivity index (χ3n) is 2.02. The van der Waals surface area contributed by atoms with E-state index in [2.05, 4.69) is 0 Å². The largest absolute Gasteiger partial charge is 2.00 e. The fourth-order valence-electron chi connectivity index (χ4n) is 1.15. The molecule has 0 heterocycles. The minimum atomic E-state index is -1.13. The molecule has 0 saturated heterocycles. The molecule has 0 saturated carbocycles. The number of aliphatic hydroxyl groups is 1. The molecule has 0 aliphatic rings. The summed E-state index contributed by atoms with van der Waals surface area (Å²) in [5, 5.41) is 27.2. The number of hydrogen-bond acceptors (Lipinski definition) is 5. The molecule has 2 aromatic rings. The SMILES string of the molecule is CO.O=C([O-])c1ccccc1.O=C([O-])c1ccccc1.[Ni+2]. The van der Waals surface area contributed by atoms with Gasteiger partial charge >= 0.3 is 16.5 Å². The molecule has 0 fully saturated rings. The second-order valence-corrected chi connectivity index (χ2v) is 3.31. The van der Waals surface area contributed by atoms with E-state index in [0.717, 1.165) is 7.11 Å². The summed E-state index contributed by atoms with van der Waals surface area (Å²) in [6.07, 6.45) is 0. The molecule has 114 valence electrons. The van der Waals surface area contributed by atoms with Gasteiger partial charge in [0.25, 0.3) is 0 Å². The van der Waals surface area contributed by atoms with E-state index in [9.17, 15) is 19.8 Å². The Morgan fingerprint density at radius 2 is 0.952 bits per heavy atom. The summed E-state index contributed by atoms with van der Waals surface area (Å²) in [6.45, 7) is 0. The maximum atomic E-state index is 10.1. The molecule has 5 nitrogen and oxygen atoms in total. The first kappa shape index (κ1) is 21.1. The van der Waals surface area contributed by atoms with Crippen molar-refractivity contribution in [1.82, 2.24) is 0 Å². The first-order valence-electron chi connectivity index (χ1n) is 5.59. The molecule has 6 heteroatoms. The number of carbonyl (C=O) groups excluding carboxylic acids is 2. The van der Waals surface area contributed by atoms with Crippen molar-refractivity contribution in [2.75, 3.05) is 7.11 Å². The molecule has 0 radical (unpaired) electrons. The second-order valence-electron chi connectivity index (χ2n) is 3.31. The van der Waals surface area contributed by atoms with Gasteiger partial charge in [-0.25, -0.2) is 0 Å². The third kappa shape index (κ3) is 9.38. The molecule has 0 atom stereocenters. The van der Waals surface area contributed by atoms with E-state index in [0.29, 0.717) is 0 Å². The first-order valence-corrected chi connectivity index (χ1v) is 5.59. The van der Waals surface area contributed by atoms with Crippen molar-refractivity contribution in [2.45, 2.75) is 0 Å². The monoisotopic (exact) mass is 332 g/mol. The molecule has 0 bridgehead atoms. The van der Waals surface area contributed by atoms with Gasteiger partial charge in [0, 0.05) is 7.11 Å². The fourth-order valence-corrected chi connectivity index (χ4v) is 1.15. The quantitative estimate of drug-likeness (QED) is 0.761. The van der Waals surface area contributed by atoms with Gasteiger partial charge in [-0.2, -0.15) is 0 Å². The molecular formula is C15H14NiO5. The molecule has 2 rings (SSSR count). The minimum absolute atomic E-state index is 0. The molecule has 0 amide bonds.